The molecule has 2 nitrogen and oxygen atoms in total. The van der Waals surface area contributed by atoms with Crippen LogP contribution in [0.25, 0.3) is 0 Å². The molecule has 0 radical (unpaired) electrons. The van der Waals surface area contributed by atoms with Gasteiger partial charge in [-0.3, -0.25) is 4.90 Å². The van der Waals surface area contributed by atoms with E-state index in [0.717, 1.165) is 23.8 Å². The number of hydrogen-bond acceptors (Lipinski definition) is 2. The van der Waals surface area contributed by atoms with Crippen molar-refractivity contribution in [3.63, 3.8) is 0 Å². The molecule has 0 aromatic heterocycles. The van der Waals surface area contributed by atoms with Crippen molar-refractivity contribution in [1.82, 2.24) is 10.2 Å². The minimum atomic E-state index is 0.807. The molecule has 1 N–H and O–H groups in total. The normalized spacial score (nSPS) is 41.8. The first kappa shape index (κ1) is 13.4. The Balaban J connectivity index is 1.93. The Morgan fingerprint density at radius 3 is 2.65 bits per heavy atom. The molecule has 2 aliphatic rings. The van der Waals surface area contributed by atoms with Crippen molar-refractivity contribution in [1.29, 1.82) is 0 Å². The minimum Gasteiger partial charge on any atom is -0.316 e. The monoisotopic (exact) mass is 238 g/mol. The van der Waals surface area contributed by atoms with Crippen molar-refractivity contribution in [3.8, 4) is 0 Å². The smallest absolute Gasteiger partial charge is 0.0121 e. The van der Waals surface area contributed by atoms with Crippen molar-refractivity contribution >= 4 is 0 Å². The molecule has 0 aromatic rings. The summed E-state index contributed by atoms with van der Waals surface area (Å²) in [6, 6.07) is 0.867. The van der Waals surface area contributed by atoms with Gasteiger partial charge in [0.05, 0.1) is 0 Å². The molecule has 4 atom stereocenters. The van der Waals surface area contributed by atoms with E-state index in [0.29, 0.717) is 0 Å². The summed E-state index contributed by atoms with van der Waals surface area (Å²) in [6.07, 6.45) is 5.64. The number of nitrogens with one attached hydrogen (secondary N) is 1. The van der Waals surface area contributed by atoms with Crippen LogP contribution in [0.1, 0.15) is 46.5 Å². The second-order valence-corrected chi connectivity index (χ2v) is 6.62. The summed E-state index contributed by atoms with van der Waals surface area (Å²) < 4.78 is 0. The quantitative estimate of drug-likeness (QED) is 0.755. The molecular formula is C15H30N2. The zero-order chi connectivity index (χ0) is 12.3. The van der Waals surface area contributed by atoms with Crippen molar-refractivity contribution in [2.45, 2.75) is 52.5 Å². The topological polar surface area (TPSA) is 15.3 Å². The highest BCUT2D eigenvalue weighted by Gasteiger charge is 2.30. The molecule has 1 aliphatic heterocycles. The highest BCUT2D eigenvalue weighted by atomic mass is 15.2. The van der Waals surface area contributed by atoms with Crippen LogP contribution in [-0.4, -0.2) is 37.1 Å². The highest BCUT2D eigenvalue weighted by Crippen LogP contribution is 2.32. The van der Waals surface area contributed by atoms with E-state index < -0.39 is 0 Å². The summed E-state index contributed by atoms with van der Waals surface area (Å²) in [7, 11) is 0. The lowest BCUT2D eigenvalue weighted by atomic mass is 9.79. The van der Waals surface area contributed by atoms with Crippen LogP contribution in [-0.2, 0) is 0 Å². The molecule has 1 aliphatic carbocycles. The molecule has 2 rings (SSSR count). The van der Waals surface area contributed by atoms with Gasteiger partial charge in [-0.25, -0.2) is 0 Å². The standard InChI is InChI=1S/C15H30N2/c1-12-5-6-15(14(3)9-12)17-8-4-7-16-10-13(2)11-17/h12-16H,4-11H2,1-3H3. The Morgan fingerprint density at radius 2 is 1.88 bits per heavy atom. The number of hydrogen-bond donors (Lipinski definition) is 1. The molecule has 1 saturated carbocycles. The van der Waals surface area contributed by atoms with Gasteiger partial charge in [0.25, 0.3) is 0 Å². The lowest BCUT2D eigenvalue weighted by Crippen LogP contribution is -2.48. The molecular weight excluding hydrogens is 208 g/mol. The van der Waals surface area contributed by atoms with E-state index in [4.69, 9.17) is 0 Å². The molecule has 0 aromatic carbocycles. The second-order valence-electron chi connectivity index (χ2n) is 6.62. The van der Waals surface area contributed by atoms with Gasteiger partial charge in [-0.15, -0.1) is 0 Å². The lowest BCUT2D eigenvalue weighted by Gasteiger charge is -2.42. The summed E-state index contributed by atoms with van der Waals surface area (Å²) in [5, 5.41) is 3.55. The van der Waals surface area contributed by atoms with E-state index in [2.05, 4.69) is 31.0 Å². The summed E-state index contributed by atoms with van der Waals surface area (Å²) in [6.45, 7) is 12.3. The number of rotatable bonds is 1. The van der Waals surface area contributed by atoms with Gasteiger partial charge in [0.1, 0.15) is 0 Å². The molecule has 4 unspecified atom stereocenters. The van der Waals surface area contributed by atoms with E-state index >= 15 is 0 Å². The van der Waals surface area contributed by atoms with Gasteiger partial charge in [0.15, 0.2) is 0 Å². The summed E-state index contributed by atoms with van der Waals surface area (Å²) >= 11 is 0. The molecule has 0 spiro atoms. The first-order valence-electron chi connectivity index (χ1n) is 7.61. The van der Waals surface area contributed by atoms with Gasteiger partial charge in [-0.05, 0) is 63.1 Å². The zero-order valence-electron chi connectivity index (χ0n) is 11.9. The highest BCUT2D eigenvalue weighted by molar-refractivity contribution is 4.85. The van der Waals surface area contributed by atoms with Crippen LogP contribution >= 0.6 is 0 Å². The predicted octanol–water partition coefficient (Wildman–Crippen LogP) is 2.74. The Kier molecular flexibility index (Phi) is 4.87. The van der Waals surface area contributed by atoms with Crippen LogP contribution in [0.15, 0.2) is 0 Å². The van der Waals surface area contributed by atoms with Gasteiger partial charge in [0, 0.05) is 12.6 Å². The fourth-order valence-corrected chi connectivity index (χ4v) is 3.80. The molecule has 17 heavy (non-hydrogen) atoms. The van der Waals surface area contributed by atoms with Crippen LogP contribution in [0, 0.1) is 17.8 Å². The first-order chi connectivity index (χ1) is 8.16. The SMILES string of the molecule is CC1CCC(N2CCCNCC(C)C2)C(C)C1. The molecule has 1 heterocycles. The van der Waals surface area contributed by atoms with Gasteiger partial charge in [-0.1, -0.05) is 20.8 Å². The van der Waals surface area contributed by atoms with Crippen LogP contribution in [0.2, 0.25) is 0 Å². The molecule has 100 valence electrons. The maximum absolute atomic E-state index is 3.55. The Morgan fingerprint density at radius 1 is 1.06 bits per heavy atom. The van der Waals surface area contributed by atoms with Gasteiger partial charge in [-0.2, -0.15) is 0 Å². The minimum absolute atomic E-state index is 0.807. The van der Waals surface area contributed by atoms with Crippen molar-refractivity contribution in [2.75, 3.05) is 26.2 Å². The number of nitrogens with zero attached hydrogens (tertiary/aromatic N) is 1. The van der Waals surface area contributed by atoms with E-state index in [9.17, 15) is 0 Å². The first-order valence-corrected chi connectivity index (χ1v) is 7.61. The lowest BCUT2D eigenvalue weighted by molar-refractivity contribution is 0.0748. The van der Waals surface area contributed by atoms with E-state index in [1.54, 1.807) is 0 Å². The van der Waals surface area contributed by atoms with Crippen LogP contribution in [0.3, 0.4) is 0 Å². The third-order valence-electron chi connectivity index (χ3n) is 4.69. The molecule has 0 amide bonds. The Labute approximate surface area is 107 Å². The van der Waals surface area contributed by atoms with Crippen molar-refractivity contribution in [3.05, 3.63) is 0 Å². The third kappa shape index (κ3) is 3.69. The average Bonchev–Trinajstić information content (AvgIpc) is 2.24. The molecule has 1 saturated heterocycles. The van der Waals surface area contributed by atoms with Crippen LogP contribution in [0.5, 0.6) is 0 Å². The molecule has 0 bridgehead atoms. The van der Waals surface area contributed by atoms with Crippen LogP contribution < -0.4 is 5.32 Å². The van der Waals surface area contributed by atoms with E-state index in [-0.39, 0.29) is 0 Å². The third-order valence-corrected chi connectivity index (χ3v) is 4.69. The van der Waals surface area contributed by atoms with Gasteiger partial charge < -0.3 is 5.32 Å². The van der Waals surface area contributed by atoms with E-state index in [1.165, 1.54) is 51.9 Å². The zero-order valence-corrected chi connectivity index (χ0v) is 11.9. The van der Waals surface area contributed by atoms with E-state index in [1.807, 2.05) is 0 Å². The Hall–Kier alpha value is -0.0800. The van der Waals surface area contributed by atoms with Crippen LogP contribution in [0.4, 0.5) is 0 Å². The molecule has 2 heteroatoms. The van der Waals surface area contributed by atoms with Crippen molar-refractivity contribution < 1.29 is 0 Å². The van der Waals surface area contributed by atoms with Gasteiger partial charge >= 0.3 is 0 Å². The Bertz CT molecular complexity index is 229. The second kappa shape index (κ2) is 6.19. The predicted molar refractivity (Wildman–Crippen MR) is 74.2 cm³/mol. The fraction of sp³-hybridized carbons (Fsp3) is 1.00. The summed E-state index contributed by atoms with van der Waals surface area (Å²) in [5.41, 5.74) is 0. The molecule has 2 fully saturated rings. The fourth-order valence-electron chi connectivity index (χ4n) is 3.80. The van der Waals surface area contributed by atoms with Crippen molar-refractivity contribution in [2.24, 2.45) is 17.8 Å². The van der Waals surface area contributed by atoms with Gasteiger partial charge in [0.2, 0.25) is 0 Å². The largest absolute Gasteiger partial charge is 0.316 e. The average molecular weight is 238 g/mol. The maximum atomic E-state index is 3.55. The maximum Gasteiger partial charge on any atom is 0.0121 e. The summed E-state index contributed by atoms with van der Waals surface area (Å²) in [5.74, 6) is 2.66. The summed E-state index contributed by atoms with van der Waals surface area (Å²) in [4.78, 5) is 2.81.